The Bertz CT molecular complexity index is 967. The molecule has 2 aromatic rings. The van der Waals surface area contributed by atoms with Crippen molar-refractivity contribution in [2.45, 2.75) is 25.3 Å². The average molecular weight is 364 g/mol. The fraction of sp³-hybridized carbons (Fsp3) is 0.286. The second-order valence-corrected chi connectivity index (χ2v) is 7.00. The van der Waals surface area contributed by atoms with Crippen molar-refractivity contribution in [1.82, 2.24) is 0 Å². The number of esters is 1. The lowest BCUT2D eigenvalue weighted by Gasteiger charge is -2.38. The summed E-state index contributed by atoms with van der Waals surface area (Å²) in [5.74, 6) is -0.250. The number of ether oxygens (including phenoxy) is 1. The van der Waals surface area contributed by atoms with Gasteiger partial charge in [-0.1, -0.05) is 36.4 Å². The zero-order valence-corrected chi connectivity index (χ0v) is 15.1. The van der Waals surface area contributed by atoms with E-state index in [-0.39, 0.29) is 34.5 Å². The Morgan fingerprint density at radius 1 is 1.26 bits per heavy atom. The molecule has 6 heteroatoms. The third-order valence-electron chi connectivity index (χ3n) is 5.60. The number of carbonyl (C=O) groups is 1. The van der Waals surface area contributed by atoms with E-state index >= 15 is 0 Å². The number of nitrogens with zero attached hydrogens (tertiary/aromatic N) is 1. The van der Waals surface area contributed by atoms with Crippen molar-refractivity contribution in [3.63, 3.8) is 0 Å². The lowest BCUT2D eigenvalue weighted by molar-refractivity contribution is -0.385. The number of anilines is 1. The third kappa shape index (κ3) is 2.68. The molecule has 1 heterocycles. The highest BCUT2D eigenvalue weighted by molar-refractivity contribution is 5.94. The van der Waals surface area contributed by atoms with Gasteiger partial charge in [0.25, 0.3) is 5.69 Å². The number of fused-ring (bicyclic) bond motifs is 3. The maximum atomic E-state index is 12.3. The van der Waals surface area contributed by atoms with Crippen LogP contribution in [-0.4, -0.2) is 18.0 Å². The van der Waals surface area contributed by atoms with Crippen LogP contribution in [0.5, 0.6) is 0 Å². The smallest absolute Gasteiger partial charge is 0.338 e. The number of methoxy groups -OCH3 is 1. The number of nitro benzene ring substituents is 1. The molecule has 2 aliphatic rings. The summed E-state index contributed by atoms with van der Waals surface area (Å²) in [6.07, 6.45) is 5.00. The molecule has 0 saturated heterocycles. The molecule has 1 N–H and O–H groups in total. The summed E-state index contributed by atoms with van der Waals surface area (Å²) < 4.78 is 4.97. The summed E-state index contributed by atoms with van der Waals surface area (Å²) in [6, 6.07) is 10.4. The molecular weight excluding hydrogens is 344 g/mol. The number of hydrogen-bond donors (Lipinski definition) is 1. The van der Waals surface area contributed by atoms with E-state index in [1.807, 2.05) is 25.1 Å². The van der Waals surface area contributed by atoms with E-state index in [1.165, 1.54) is 7.11 Å². The van der Waals surface area contributed by atoms with Gasteiger partial charge in [0.15, 0.2) is 0 Å². The molecule has 0 amide bonds. The first kappa shape index (κ1) is 17.3. The number of para-hydroxylation sites is 1. The van der Waals surface area contributed by atoms with Gasteiger partial charge in [-0.05, 0) is 36.5 Å². The molecular formula is C21H20N2O4. The lowest BCUT2D eigenvalue weighted by Crippen LogP contribution is -2.31. The van der Waals surface area contributed by atoms with Crippen molar-refractivity contribution in [2.75, 3.05) is 12.4 Å². The molecule has 0 bridgehead atoms. The fourth-order valence-electron chi connectivity index (χ4n) is 4.37. The number of allylic oxidation sites excluding steroid dienone is 2. The highest BCUT2D eigenvalue weighted by atomic mass is 16.6. The maximum absolute atomic E-state index is 12.3. The summed E-state index contributed by atoms with van der Waals surface area (Å²) >= 11 is 0. The molecule has 6 nitrogen and oxygen atoms in total. The van der Waals surface area contributed by atoms with Crippen LogP contribution in [0.1, 0.15) is 45.4 Å². The minimum absolute atomic E-state index is 0.0139. The van der Waals surface area contributed by atoms with Crippen LogP contribution in [-0.2, 0) is 4.74 Å². The summed E-state index contributed by atoms with van der Waals surface area (Å²) in [4.78, 5) is 23.5. The van der Waals surface area contributed by atoms with Gasteiger partial charge in [0, 0.05) is 17.7 Å². The van der Waals surface area contributed by atoms with Gasteiger partial charge in [0.05, 0.1) is 29.2 Å². The van der Waals surface area contributed by atoms with Crippen LogP contribution in [0.4, 0.5) is 11.4 Å². The molecule has 0 unspecified atom stereocenters. The van der Waals surface area contributed by atoms with Crippen LogP contribution in [0.3, 0.4) is 0 Å². The first-order chi connectivity index (χ1) is 13.0. The van der Waals surface area contributed by atoms with Crippen LogP contribution in [0, 0.1) is 23.0 Å². The van der Waals surface area contributed by atoms with E-state index in [2.05, 4.69) is 17.5 Å². The van der Waals surface area contributed by atoms with Crippen molar-refractivity contribution < 1.29 is 14.5 Å². The van der Waals surface area contributed by atoms with Gasteiger partial charge in [0.2, 0.25) is 0 Å². The third-order valence-corrected chi connectivity index (χ3v) is 5.60. The standard InChI is InChI=1S/C21H20N2O4/c1-12-10-11-16(21(24)27-2)18-13-7-5-8-14(13)20(22-19(12)18)15-6-3-4-9-17(15)23(25)26/h3-7,9-11,13-14,20,22H,8H2,1-2H3/t13-,14-,20-/m1/s1. The number of nitro groups is 1. The number of benzene rings is 2. The van der Waals surface area contributed by atoms with Gasteiger partial charge in [-0.25, -0.2) is 4.79 Å². The Balaban J connectivity index is 1.89. The van der Waals surface area contributed by atoms with Crippen molar-refractivity contribution in [3.05, 3.63) is 80.9 Å². The average Bonchev–Trinajstić information content (AvgIpc) is 3.17. The summed E-state index contributed by atoms with van der Waals surface area (Å²) in [5, 5.41) is 15.1. The van der Waals surface area contributed by atoms with E-state index in [4.69, 9.17) is 4.74 Å². The molecule has 27 heavy (non-hydrogen) atoms. The number of carbonyl (C=O) groups excluding carboxylic acids is 1. The van der Waals surface area contributed by atoms with Crippen LogP contribution in [0.15, 0.2) is 48.6 Å². The highest BCUT2D eigenvalue weighted by Crippen LogP contribution is 2.52. The van der Waals surface area contributed by atoms with E-state index in [1.54, 1.807) is 18.2 Å². The molecule has 1 aliphatic carbocycles. The van der Waals surface area contributed by atoms with Crippen molar-refractivity contribution >= 4 is 17.3 Å². The van der Waals surface area contributed by atoms with Crippen LogP contribution >= 0.6 is 0 Å². The topological polar surface area (TPSA) is 81.5 Å². The molecule has 3 atom stereocenters. The monoisotopic (exact) mass is 364 g/mol. The Labute approximate surface area is 157 Å². The van der Waals surface area contributed by atoms with Crippen LogP contribution in [0.2, 0.25) is 0 Å². The predicted octanol–water partition coefficient (Wildman–Crippen LogP) is 4.52. The summed E-state index contributed by atoms with van der Waals surface area (Å²) in [5.41, 5.74) is 4.14. The van der Waals surface area contributed by atoms with E-state index < -0.39 is 0 Å². The van der Waals surface area contributed by atoms with Crippen molar-refractivity contribution in [3.8, 4) is 0 Å². The van der Waals surface area contributed by atoms with Crippen molar-refractivity contribution in [2.24, 2.45) is 5.92 Å². The second kappa shape index (κ2) is 6.54. The Kier molecular flexibility index (Phi) is 4.18. The molecule has 0 saturated carbocycles. The minimum Gasteiger partial charge on any atom is -0.465 e. The first-order valence-electron chi connectivity index (χ1n) is 8.91. The Morgan fingerprint density at radius 3 is 2.78 bits per heavy atom. The van der Waals surface area contributed by atoms with E-state index in [0.717, 1.165) is 23.2 Å². The molecule has 0 spiro atoms. The summed E-state index contributed by atoms with van der Waals surface area (Å²) in [6.45, 7) is 1.97. The van der Waals surface area contributed by atoms with Gasteiger partial charge in [0.1, 0.15) is 0 Å². The van der Waals surface area contributed by atoms with E-state index in [9.17, 15) is 14.9 Å². The SMILES string of the molecule is COC(=O)c1ccc(C)c2c1[C@@H]1C=CC[C@H]1[C@H](c1ccccc1[N+](=O)[O-])N2. The van der Waals surface area contributed by atoms with Gasteiger partial charge in [-0.15, -0.1) is 0 Å². The molecule has 138 valence electrons. The molecule has 1 aliphatic heterocycles. The molecule has 4 rings (SSSR count). The summed E-state index contributed by atoms with van der Waals surface area (Å²) in [7, 11) is 1.38. The lowest BCUT2D eigenvalue weighted by atomic mass is 9.74. The number of hydrogen-bond acceptors (Lipinski definition) is 5. The Morgan fingerprint density at radius 2 is 2.04 bits per heavy atom. The van der Waals surface area contributed by atoms with Gasteiger partial charge >= 0.3 is 5.97 Å². The quantitative estimate of drug-likeness (QED) is 0.375. The van der Waals surface area contributed by atoms with Gasteiger partial charge in [-0.3, -0.25) is 10.1 Å². The fourth-order valence-corrected chi connectivity index (χ4v) is 4.37. The second-order valence-electron chi connectivity index (χ2n) is 7.00. The number of rotatable bonds is 3. The zero-order chi connectivity index (χ0) is 19.1. The van der Waals surface area contributed by atoms with Gasteiger partial charge in [-0.2, -0.15) is 0 Å². The first-order valence-corrected chi connectivity index (χ1v) is 8.91. The van der Waals surface area contributed by atoms with Crippen molar-refractivity contribution in [1.29, 1.82) is 0 Å². The normalized spacial score (nSPS) is 22.5. The van der Waals surface area contributed by atoms with E-state index in [0.29, 0.717) is 11.1 Å². The molecule has 0 radical (unpaired) electrons. The predicted molar refractivity (Wildman–Crippen MR) is 102 cm³/mol. The van der Waals surface area contributed by atoms with Crippen LogP contribution in [0.25, 0.3) is 0 Å². The Hall–Kier alpha value is -3.15. The molecule has 2 aromatic carbocycles. The highest BCUT2D eigenvalue weighted by Gasteiger charge is 2.42. The largest absolute Gasteiger partial charge is 0.465 e. The minimum atomic E-state index is -0.365. The zero-order valence-electron chi connectivity index (χ0n) is 15.1. The van der Waals surface area contributed by atoms with Crippen LogP contribution < -0.4 is 5.32 Å². The number of nitrogens with one attached hydrogen (secondary N) is 1. The molecule has 0 aromatic heterocycles. The maximum Gasteiger partial charge on any atom is 0.338 e. The number of aryl methyl sites for hydroxylation is 1. The molecule has 0 fully saturated rings. The van der Waals surface area contributed by atoms with Gasteiger partial charge < -0.3 is 10.1 Å².